The van der Waals surface area contributed by atoms with Crippen LogP contribution in [0.2, 0.25) is 0 Å². The maximum absolute atomic E-state index is 4.15. The summed E-state index contributed by atoms with van der Waals surface area (Å²) in [5.74, 6) is 0. The van der Waals surface area contributed by atoms with Crippen molar-refractivity contribution in [3.05, 3.63) is 42.5 Å². The molecule has 0 aliphatic carbocycles. The average molecular weight is 216 g/mol. The minimum absolute atomic E-state index is 0.948. The van der Waals surface area contributed by atoms with Gasteiger partial charge in [0.25, 0.3) is 0 Å². The second-order valence-corrected chi connectivity index (χ2v) is 3.74. The number of aryl methyl sites for hydroxylation is 2. The summed E-state index contributed by atoms with van der Waals surface area (Å²) in [6, 6.07) is 5.98. The van der Waals surface area contributed by atoms with E-state index in [9.17, 15) is 0 Å². The fourth-order valence-electron chi connectivity index (χ4n) is 1.56. The summed E-state index contributed by atoms with van der Waals surface area (Å²) in [6.45, 7) is 3.89. The number of hydrogen-bond acceptors (Lipinski definition) is 3. The third kappa shape index (κ3) is 3.08. The van der Waals surface area contributed by atoms with Crippen LogP contribution in [0.5, 0.6) is 0 Å². The van der Waals surface area contributed by atoms with Crippen molar-refractivity contribution in [2.24, 2.45) is 0 Å². The van der Waals surface area contributed by atoms with E-state index in [1.165, 1.54) is 0 Å². The first-order valence-corrected chi connectivity index (χ1v) is 5.48. The van der Waals surface area contributed by atoms with Crippen molar-refractivity contribution in [3.8, 4) is 0 Å². The van der Waals surface area contributed by atoms with Crippen LogP contribution in [0.25, 0.3) is 0 Å². The lowest BCUT2D eigenvalue weighted by molar-refractivity contribution is 0.592. The van der Waals surface area contributed by atoms with Crippen LogP contribution in [0.1, 0.15) is 12.1 Å². The van der Waals surface area contributed by atoms with Crippen LogP contribution < -0.4 is 5.32 Å². The zero-order chi connectivity index (χ0) is 11.2. The molecule has 4 heteroatoms. The van der Waals surface area contributed by atoms with Gasteiger partial charge in [0.15, 0.2) is 0 Å². The molecule has 0 aromatic carbocycles. The molecule has 0 spiro atoms. The molecule has 0 atom stereocenters. The predicted octanol–water partition coefficient (Wildman–Crippen LogP) is 2.09. The molecule has 0 unspecified atom stereocenters. The largest absolute Gasteiger partial charge is 0.385 e. The molecule has 2 heterocycles. The van der Waals surface area contributed by atoms with E-state index in [1.54, 1.807) is 6.20 Å². The third-order valence-electron chi connectivity index (χ3n) is 2.35. The van der Waals surface area contributed by atoms with Crippen molar-refractivity contribution >= 4 is 5.69 Å². The molecule has 0 amide bonds. The highest BCUT2D eigenvalue weighted by atomic mass is 15.3. The Bertz CT molecular complexity index is 422. The molecule has 0 saturated carbocycles. The first kappa shape index (κ1) is 10.7. The molecule has 2 rings (SSSR count). The number of rotatable bonds is 5. The minimum atomic E-state index is 0.948. The van der Waals surface area contributed by atoms with Crippen LogP contribution in [0.4, 0.5) is 5.69 Å². The quantitative estimate of drug-likeness (QED) is 0.778. The molecule has 2 aromatic heterocycles. The molecule has 0 bridgehead atoms. The molecule has 0 aliphatic heterocycles. The van der Waals surface area contributed by atoms with Crippen LogP contribution in [-0.2, 0) is 6.54 Å². The molecule has 0 radical (unpaired) electrons. The molecule has 84 valence electrons. The van der Waals surface area contributed by atoms with Gasteiger partial charge in [0.05, 0.1) is 0 Å². The summed E-state index contributed by atoms with van der Waals surface area (Å²) in [7, 11) is 0. The minimum Gasteiger partial charge on any atom is -0.385 e. The van der Waals surface area contributed by atoms with Gasteiger partial charge >= 0.3 is 0 Å². The van der Waals surface area contributed by atoms with Gasteiger partial charge in [0.2, 0.25) is 0 Å². The van der Waals surface area contributed by atoms with Crippen LogP contribution in [0.15, 0.2) is 36.8 Å². The summed E-state index contributed by atoms with van der Waals surface area (Å²) < 4.78 is 1.94. The van der Waals surface area contributed by atoms with Gasteiger partial charge in [-0.25, -0.2) is 0 Å². The monoisotopic (exact) mass is 216 g/mol. The van der Waals surface area contributed by atoms with Crippen LogP contribution in [0.3, 0.4) is 0 Å². The molecular weight excluding hydrogens is 200 g/mol. The summed E-state index contributed by atoms with van der Waals surface area (Å²) in [6.07, 6.45) is 6.67. The average Bonchev–Trinajstić information content (AvgIpc) is 2.77. The summed E-state index contributed by atoms with van der Waals surface area (Å²) in [4.78, 5) is 4.15. The number of nitrogens with zero attached hydrogens (tertiary/aromatic N) is 3. The molecule has 0 fully saturated rings. The molecule has 1 N–H and O–H groups in total. The first-order chi connectivity index (χ1) is 7.84. The fraction of sp³-hybridized carbons (Fsp3) is 0.333. The Balaban J connectivity index is 1.72. The highest BCUT2D eigenvalue weighted by molar-refractivity contribution is 5.42. The van der Waals surface area contributed by atoms with E-state index in [0.717, 1.165) is 30.9 Å². The number of nitrogens with one attached hydrogen (secondary N) is 1. The molecular formula is C12H16N4. The van der Waals surface area contributed by atoms with Gasteiger partial charge in [-0.3, -0.25) is 9.67 Å². The maximum atomic E-state index is 4.15. The van der Waals surface area contributed by atoms with E-state index >= 15 is 0 Å². The third-order valence-corrected chi connectivity index (χ3v) is 2.35. The second kappa shape index (κ2) is 5.30. The van der Waals surface area contributed by atoms with Gasteiger partial charge in [-0.1, -0.05) is 0 Å². The van der Waals surface area contributed by atoms with Gasteiger partial charge in [0, 0.05) is 43.1 Å². The van der Waals surface area contributed by atoms with Crippen molar-refractivity contribution in [1.29, 1.82) is 0 Å². The van der Waals surface area contributed by atoms with Crippen LogP contribution in [0, 0.1) is 6.92 Å². The van der Waals surface area contributed by atoms with Gasteiger partial charge < -0.3 is 5.32 Å². The van der Waals surface area contributed by atoms with E-state index in [1.807, 2.05) is 42.2 Å². The van der Waals surface area contributed by atoms with E-state index < -0.39 is 0 Å². The Morgan fingerprint density at radius 2 is 2.31 bits per heavy atom. The van der Waals surface area contributed by atoms with Gasteiger partial charge in [0.1, 0.15) is 0 Å². The van der Waals surface area contributed by atoms with Gasteiger partial charge in [-0.15, -0.1) is 0 Å². The predicted molar refractivity (Wildman–Crippen MR) is 64.3 cm³/mol. The van der Waals surface area contributed by atoms with Crippen molar-refractivity contribution in [1.82, 2.24) is 14.8 Å². The van der Waals surface area contributed by atoms with Crippen molar-refractivity contribution in [2.45, 2.75) is 19.9 Å². The normalized spacial score (nSPS) is 10.3. The highest BCUT2D eigenvalue weighted by Gasteiger charge is 1.93. The molecule has 0 aliphatic rings. The highest BCUT2D eigenvalue weighted by Crippen LogP contribution is 2.06. The zero-order valence-electron chi connectivity index (χ0n) is 9.43. The van der Waals surface area contributed by atoms with Gasteiger partial charge in [-0.05, 0) is 31.5 Å². The summed E-state index contributed by atoms with van der Waals surface area (Å²) in [5.41, 5.74) is 2.17. The second-order valence-electron chi connectivity index (χ2n) is 3.74. The summed E-state index contributed by atoms with van der Waals surface area (Å²) >= 11 is 0. The fourth-order valence-corrected chi connectivity index (χ4v) is 1.56. The van der Waals surface area contributed by atoms with E-state index in [4.69, 9.17) is 0 Å². The van der Waals surface area contributed by atoms with E-state index in [2.05, 4.69) is 15.4 Å². The summed E-state index contributed by atoms with van der Waals surface area (Å²) in [5, 5.41) is 7.52. The first-order valence-electron chi connectivity index (χ1n) is 5.48. The lowest BCUT2D eigenvalue weighted by atomic mass is 10.3. The van der Waals surface area contributed by atoms with Crippen LogP contribution in [-0.4, -0.2) is 21.3 Å². The number of pyridine rings is 1. The molecule has 0 saturated heterocycles. The smallest absolute Gasteiger partial charge is 0.0489 e. The molecule has 16 heavy (non-hydrogen) atoms. The van der Waals surface area contributed by atoms with Crippen molar-refractivity contribution < 1.29 is 0 Å². The van der Waals surface area contributed by atoms with Crippen LogP contribution >= 0.6 is 0 Å². The van der Waals surface area contributed by atoms with Crippen molar-refractivity contribution in [2.75, 3.05) is 11.9 Å². The Labute approximate surface area is 95.3 Å². The van der Waals surface area contributed by atoms with E-state index in [-0.39, 0.29) is 0 Å². The topological polar surface area (TPSA) is 42.7 Å². The Morgan fingerprint density at radius 1 is 1.38 bits per heavy atom. The molecule has 2 aromatic rings. The zero-order valence-corrected chi connectivity index (χ0v) is 9.43. The Morgan fingerprint density at radius 3 is 3.06 bits per heavy atom. The maximum Gasteiger partial charge on any atom is 0.0489 e. The Kier molecular flexibility index (Phi) is 3.53. The Hall–Kier alpha value is -1.84. The lowest BCUT2D eigenvalue weighted by Gasteiger charge is -2.06. The lowest BCUT2D eigenvalue weighted by Crippen LogP contribution is -2.07. The van der Waals surface area contributed by atoms with E-state index in [0.29, 0.717) is 0 Å². The SMILES string of the molecule is Cc1cc(NCCCn2cccn2)ccn1. The number of hydrogen-bond donors (Lipinski definition) is 1. The molecule has 4 nitrogen and oxygen atoms in total. The number of aromatic nitrogens is 3. The van der Waals surface area contributed by atoms with Gasteiger partial charge in [-0.2, -0.15) is 5.10 Å². The standard InChI is InChI=1S/C12H16N4/c1-11-10-12(4-7-13-11)14-5-2-8-16-9-3-6-15-16/h3-4,6-7,9-10H,2,5,8H2,1H3,(H,13,14). The number of anilines is 1. The van der Waals surface area contributed by atoms with Crippen molar-refractivity contribution in [3.63, 3.8) is 0 Å².